The first kappa shape index (κ1) is 21.0. The van der Waals surface area contributed by atoms with Gasteiger partial charge >= 0.3 is 5.97 Å². The number of piperidine rings is 1. The first-order valence-corrected chi connectivity index (χ1v) is 10.7. The second-order valence-corrected chi connectivity index (χ2v) is 7.80. The Bertz CT molecular complexity index is 845. The highest BCUT2D eigenvalue weighted by atomic mass is 32.1. The number of anilines is 1. The van der Waals surface area contributed by atoms with Gasteiger partial charge in [0.05, 0.1) is 31.1 Å². The van der Waals surface area contributed by atoms with Crippen molar-refractivity contribution in [1.82, 2.24) is 9.88 Å². The number of benzene rings is 1. The summed E-state index contributed by atoms with van der Waals surface area (Å²) in [6, 6.07) is 9.49. The number of hydrogen-bond acceptors (Lipinski definition) is 6. The molecule has 1 saturated heterocycles. The van der Waals surface area contributed by atoms with Crippen molar-refractivity contribution in [3.63, 3.8) is 0 Å². The van der Waals surface area contributed by atoms with Crippen molar-refractivity contribution in [3.8, 4) is 0 Å². The fourth-order valence-corrected chi connectivity index (χ4v) is 4.01. The maximum atomic E-state index is 12.5. The molecule has 3 rings (SSSR count). The second kappa shape index (κ2) is 10.2. The molecule has 8 heteroatoms. The number of esters is 1. The van der Waals surface area contributed by atoms with Crippen molar-refractivity contribution in [3.05, 3.63) is 47.0 Å². The molecule has 0 radical (unpaired) electrons. The molecular weight excluding hydrogens is 390 g/mol. The van der Waals surface area contributed by atoms with Crippen molar-refractivity contribution in [2.75, 3.05) is 25.0 Å². The normalized spacial score (nSPS) is 14.4. The summed E-state index contributed by atoms with van der Waals surface area (Å²) < 4.78 is 5.06. The summed E-state index contributed by atoms with van der Waals surface area (Å²) in [5.74, 6) is -0.441. The van der Waals surface area contributed by atoms with E-state index in [2.05, 4.69) is 10.3 Å². The molecule has 2 aromatic rings. The Labute approximate surface area is 174 Å². The lowest BCUT2D eigenvalue weighted by Gasteiger charge is -2.30. The smallest absolute Gasteiger partial charge is 0.309 e. The highest BCUT2D eigenvalue weighted by molar-refractivity contribution is 7.13. The van der Waals surface area contributed by atoms with Crippen LogP contribution in [0, 0.1) is 5.92 Å². The van der Waals surface area contributed by atoms with Gasteiger partial charge in [-0.15, -0.1) is 11.3 Å². The molecule has 0 spiro atoms. The van der Waals surface area contributed by atoms with Crippen LogP contribution in [0.4, 0.5) is 5.13 Å². The molecule has 0 atom stereocenters. The topological polar surface area (TPSA) is 88.6 Å². The quantitative estimate of drug-likeness (QED) is 0.703. The number of amides is 2. The van der Waals surface area contributed by atoms with Crippen LogP contribution in [0.5, 0.6) is 0 Å². The first-order valence-electron chi connectivity index (χ1n) is 9.77. The Kier molecular flexibility index (Phi) is 7.35. The minimum absolute atomic E-state index is 0.0141. The van der Waals surface area contributed by atoms with Gasteiger partial charge in [0.15, 0.2) is 5.13 Å². The van der Waals surface area contributed by atoms with E-state index in [1.165, 1.54) is 11.3 Å². The van der Waals surface area contributed by atoms with Gasteiger partial charge < -0.3 is 15.0 Å². The number of nitrogens with zero attached hydrogens (tertiary/aromatic N) is 2. The fourth-order valence-electron chi connectivity index (χ4n) is 3.28. The van der Waals surface area contributed by atoms with Gasteiger partial charge in [-0.2, -0.15) is 0 Å². The van der Waals surface area contributed by atoms with Crippen molar-refractivity contribution in [2.45, 2.75) is 32.6 Å². The number of rotatable bonds is 7. The molecule has 29 heavy (non-hydrogen) atoms. The summed E-state index contributed by atoms with van der Waals surface area (Å²) in [5, 5.41) is 5.07. The third kappa shape index (κ3) is 6.12. The van der Waals surface area contributed by atoms with E-state index < -0.39 is 0 Å². The van der Waals surface area contributed by atoms with Gasteiger partial charge in [-0.05, 0) is 25.3 Å². The van der Waals surface area contributed by atoms with Gasteiger partial charge in [0.1, 0.15) is 0 Å². The standard InChI is InChI=1S/C21H25N3O4S/c1-2-28-20(27)16-8-10-24(11-9-16)19(26)13-17-14-29-21(22-17)23-18(25)12-15-6-4-3-5-7-15/h3-7,14,16H,2,8-13H2,1H3,(H,22,23,25). The van der Waals surface area contributed by atoms with E-state index in [0.717, 1.165) is 5.56 Å². The van der Waals surface area contributed by atoms with E-state index in [4.69, 9.17) is 4.74 Å². The molecule has 2 heterocycles. The first-order chi connectivity index (χ1) is 14.0. The number of thiazole rings is 1. The van der Waals surface area contributed by atoms with Crippen molar-refractivity contribution in [2.24, 2.45) is 5.92 Å². The molecular formula is C21H25N3O4S. The molecule has 1 aliphatic rings. The molecule has 1 aliphatic heterocycles. The molecule has 0 aliphatic carbocycles. The van der Waals surface area contributed by atoms with Gasteiger partial charge in [0.2, 0.25) is 11.8 Å². The van der Waals surface area contributed by atoms with Gasteiger partial charge in [-0.25, -0.2) is 4.98 Å². The summed E-state index contributed by atoms with van der Waals surface area (Å²) in [6.07, 6.45) is 1.73. The van der Waals surface area contributed by atoms with Gasteiger partial charge in [-0.1, -0.05) is 30.3 Å². The zero-order chi connectivity index (χ0) is 20.6. The van der Waals surface area contributed by atoms with Crippen LogP contribution in [0.15, 0.2) is 35.7 Å². The molecule has 0 bridgehead atoms. The van der Waals surface area contributed by atoms with Crippen LogP contribution in [0.1, 0.15) is 31.0 Å². The maximum Gasteiger partial charge on any atom is 0.309 e. The fraction of sp³-hybridized carbons (Fsp3) is 0.429. The predicted molar refractivity (Wildman–Crippen MR) is 111 cm³/mol. The molecule has 1 fully saturated rings. The lowest BCUT2D eigenvalue weighted by atomic mass is 9.97. The number of carbonyl (C=O) groups is 3. The molecule has 1 N–H and O–H groups in total. The van der Waals surface area contributed by atoms with E-state index >= 15 is 0 Å². The molecule has 1 aromatic heterocycles. The third-order valence-electron chi connectivity index (χ3n) is 4.81. The third-order valence-corrected chi connectivity index (χ3v) is 5.61. The predicted octanol–water partition coefficient (Wildman–Crippen LogP) is 2.67. The number of carbonyl (C=O) groups excluding carboxylic acids is 3. The maximum absolute atomic E-state index is 12.5. The Morgan fingerprint density at radius 3 is 2.59 bits per heavy atom. The molecule has 7 nitrogen and oxygen atoms in total. The SMILES string of the molecule is CCOC(=O)C1CCN(C(=O)Cc2csc(NC(=O)Cc3ccccc3)n2)CC1. The minimum atomic E-state index is -0.171. The Morgan fingerprint density at radius 2 is 1.90 bits per heavy atom. The molecule has 0 unspecified atom stereocenters. The number of nitrogens with one attached hydrogen (secondary N) is 1. The molecule has 2 amide bonds. The number of hydrogen-bond donors (Lipinski definition) is 1. The van der Waals surface area contributed by atoms with Crippen LogP contribution in [0.2, 0.25) is 0 Å². The summed E-state index contributed by atoms with van der Waals surface area (Å²) >= 11 is 1.31. The number of aromatic nitrogens is 1. The summed E-state index contributed by atoms with van der Waals surface area (Å²) in [4.78, 5) is 42.6. The van der Waals surface area contributed by atoms with Crippen molar-refractivity contribution >= 4 is 34.3 Å². The van der Waals surface area contributed by atoms with Crippen LogP contribution in [0.25, 0.3) is 0 Å². The van der Waals surface area contributed by atoms with Gasteiger partial charge in [0, 0.05) is 18.5 Å². The highest BCUT2D eigenvalue weighted by Gasteiger charge is 2.28. The van der Waals surface area contributed by atoms with Crippen molar-refractivity contribution < 1.29 is 19.1 Å². The summed E-state index contributed by atoms with van der Waals surface area (Å²) in [6.45, 7) is 3.27. The minimum Gasteiger partial charge on any atom is -0.466 e. The van der Waals surface area contributed by atoms with Crippen molar-refractivity contribution in [1.29, 1.82) is 0 Å². The van der Waals surface area contributed by atoms with E-state index in [1.54, 1.807) is 17.2 Å². The van der Waals surface area contributed by atoms with Crippen LogP contribution in [0.3, 0.4) is 0 Å². The second-order valence-electron chi connectivity index (χ2n) is 6.94. The van der Waals surface area contributed by atoms with Crippen LogP contribution >= 0.6 is 11.3 Å². The van der Waals surface area contributed by atoms with E-state index in [0.29, 0.717) is 43.4 Å². The number of likely N-dealkylation sites (tertiary alicyclic amines) is 1. The lowest BCUT2D eigenvalue weighted by Crippen LogP contribution is -2.41. The Morgan fingerprint density at radius 1 is 1.17 bits per heavy atom. The Hall–Kier alpha value is -2.74. The van der Waals surface area contributed by atoms with Gasteiger partial charge in [0.25, 0.3) is 0 Å². The van der Waals surface area contributed by atoms with Crippen LogP contribution < -0.4 is 5.32 Å². The van der Waals surface area contributed by atoms with Crippen LogP contribution in [-0.4, -0.2) is 47.4 Å². The molecule has 0 saturated carbocycles. The molecule has 154 valence electrons. The zero-order valence-corrected chi connectivity index (χ0v) is 17.2. The van der Waals surface area contributed by atoms with E-state index in [9.17, 15) is 14.4 Å². The van der Waals surface area contributed by atoms with Gasteiger partial charge in [-0.3, -0.25) is 14.4 Å². The largest absolute Gasteiger partial charge is 0.466 e. The van der Waals surface area contributed by atoms with E-state index in [-0.39, 0.29) is 36.5 Å². The zero-order valence-electron chi connectivity index (χ0n) is 16.4. The average molecular weight is 416 g/mol. The summed E-state index contributed by atoms with van der Waals surface area (Å²) in [5.41, 5.74) is 1.57. The molecule has 1 aromatic carbocycles. The van der Waals surface area contributed by atoms with E-state index in [1.807, 2.05) is 30.3 Å². The highest BCUT2D eigenvalue weighted by Crippen LogP contribution is 2.21. The monoisotopic (exact) mass is 415 g/mol. The Balaban J connectivity index is 1.45. The lowest BCUT2D eigenvalue weighted by molar-refractivity contribution is -0.151. The average Bonchev–Trinajstić information content (AvgIpc) is 3.15. The number of ether oxygens (including phenoxy) is 1. The van der Waals surface area contributed by atoms with Crippen LogP contribution in [-0.2, 0) is 32.0 Å². The summed E-state index contributed by atoms with van der Waals surface area (Å²) in [7, 11) is 0.